The molecule has 1 unspecified atom stereocenters. The molecule has 2 nitrogen and oxygen atoms in total. The van der Waals surface area contributed by atoms with Crippen molar-refractivity contribution in [3.63, 3.8) is 0 Å². The Bertz CT molecular complexity index is 308. The fraction of sp³-hybridized carbons (Fsp3) is 0.500. The molecule has 1 aromatic carbocycles. The SMILES string of the molecule is Fc1ccccc1OCC1CCCCO1. The molecule has 1 aliphatic heterocycles. The van der Waals surface area contributed by atoms with Crippen molar-refractivity contribution < 1.29 is 13.9 Å². The zero-order chi connectivity index (χ0) is 10.5. The van der Waals surface area contributed by atoms with Crippen molar-refractivity contribution >= 4 is 0 Å². The van der Waals surface area contributed by atoms with Crippen LogP contribution in [0, 0.1) is 5.82 Å². The summed E-state index contributed by atoms with van der Waals surface area (Å²) in [7, 11) is 0. The normalized spacial score (nSPS) is 21.3. The number of para-hydroxylation sites is 1. The minimum absolute atomic E-state index is 0.123. The van der Waals surface area contributed by atoms with Crippen LogP contribution in [0.4, 0.5) is 4.39 Å². The predicted molar refractivity (Wildman–Crippen MR) is 55.5 cm³/mol. The molecule has 0 aromatic heterocycles. The molecule has 2 rings (SSSR count). The molecule has 0 spiro atoms. The summed E-state index contributed by atoms with van der Waals surface area (Å²) >= 11 is 0. The highest BCUT2D eigenvalue weighted by atomic mass is 19.1. The van der Waals surface area contributed by atoms with Crippen molar-refractivity contribution in [3.8, 4) is 5.75 Å². The maximum absolute atomic E-state index is 13.2. The molecule has 15 heavy (non-hydrogen) atoms. The van der Waals surface area contributed by atoms with Crippen LogP contribution in [0.5, 0.6) is 5.75 Å². The molecule has 1 aliphatic rings. The van der Waals surface area contributed by atoms with Gasteiger partial charge in [0.25, 0.3) is 0 Å². The smallest absolute Gasteiger partial charge is 0.165 e. The Labute approximate surface area is 89.0 Å². The zero-order valence-corrected chi connectivity index (χ0v) is 8.62. The highest BCUT2D eigenvalue weighted by molar-refractivity contribution is 5.23. The summed E-state index contributed by atoms with van der Waals surface area (Å²) in [5.41, 5.74) is 0. The van der Waals surface area contributed by atoms with Gasteiger partial charge in [-0.3, -0.25) is 0 Å². The first kappa shape index (κ1) is 10.4. The molecule has 1 saturated heterocycles. The van der Waals surface area contributed by atoms with Crippen LogP contribution in [-0.4, -0.2) is 19.3 Å². The minimum atomic E-state index is -0.312. The summed E-state index contributed by atoms with van der Waals surface area (Å²) in [6.45, 7) is 1.24. The quantitative estimate of drug-likeness (QED) is 0.763. The average Bonchev–Trinajstić information content (AvgIpc) is 2.29. The van der Waals surface area contributed by atoms with E-state index in [2.05, 4.69) is 0 Å². The first-order valence-corrected chi connectivity index (χ1v) is 5.35. The minimum Gasteiger partial charge on any atom is -0.488 e. The van der Waals surface area contributed by atoms with Crippen LogP contribution < -0.4 is 4.74 Å². The lowest BCUT2D eigenvalue weighted by Gasteiger charge is -2.22. The maximum Gasteiger partial charge on any atom is 0.165 e. The van der Waals surface area contributed by atoms with Crippen molar-refractivity contribution in [2.45, 2.75) is 25.4 Å². The van der Waals surface area contributed by atoms with E-state index in [4.69, 9.17) is 9.47 Å². The summed E-state index contributed by atoms with van der Waals surface area (Å²) < 4.78 is 24.0. The van der Waals surface area contributed by atoms with Gasteiger partial charge in [0.05, 0.1) is 6.10 Å². The molecule has 0 saturated carbocycles. The molecular formula is C12H15FO2. The lowest BCUT2D eigenvalue weighted by Crippen LogP contribution is -2.25. The third-order valence-corrected chi connectivity index (χ3v) is 2.54. The molecule has 1 atom stereocenters. The molecule has 1 aromatic rings. The summed E-state index contributed by atoms with van der Waals surface area (Å²) in [5.74, 6) is -0.0000158. The van der Waals surface area contributed by atoms with Crippen LogP contribution in [0.3, 0.4) is 0 Å². The number of ether oxygens (including phenoxy) is 2. The molecule has 1 heterocycles. The monoisotopic (exact) mass is 210 g/mol. The van der Waals surface area contributed by atoms with E-state index in [-0.39, 0.29) is 11.9 Å². The van der Waals surface area contributed by atoms with Gasteiger partial charge in [-0.1, -0.05) is 12.1 Å². The van der Waals surface area contributed by atoms with Gasteiger partial charge >= 0.3 is 0 Å². The number of hydrogen-bond acceptors (Lipinski definition) is 2. The van der Waals surface area contributed by atoms with E-state index in [0.717, 1.165) is 19.4 Å². The fourth-order valence-electron chi connectivity index (χ4n) is 1.68. The van der Waals surface area contributed by atoms with Crippen LogP contribution in [0.15, 0.2) is 24.3 Å². The van der Waals surface area contributed by atoms with Gasteiger partial charge in [-0.15, -0.1) is 0 Å². The third-order valence-electron chi connectivity index (χ3n) is 2.54. The number of rotatable bonds is 3. The lowest BCUT2D eigenvalue weighted by molar-refractivity contribution is -0.0117. The van der Waals surface area contributed by atoms with Crippen molar-refractivity contribution in [1.29, 1.82) is 0 Å². The Morgan fingerprint density at radius 1 is 1.33 bits per heavy atom. The van der Waals surface area contributed by atoms with E-state index >= 15 is 0 Å². The molecule has 0 amide bonds. The highest BCUT2D eigenvalue weighted by Gasteiger charge is 2.14. The lowest BCUT2D eigenvalue weighted by atomic mass is 10.1. The predicted octanol–water partition coefficient (Wildman–Crippen LogP) is 2.77. The van der Waals surface area contributed by atoms with Crippen LogP contribution in [0.1, 0.15) is 19.3 Å². The maximum atomic E-state index is 13.2. The van der Waals surface area contributed by atoms with Gasteiger partial charge in [-0.05, 0) is 31.4 Å². The van der Waals surface area contributed by atoms with Gasteiger partial charge in [0.2, 0.25) is 0 Å². The third kappa shape index (κ3) is 2.93. The fourth-order valence-corrected chi connectivity index (χ4v) is 1.68. The van der Waals surface area contributed by atoms with E-state index in [0.29, 0.717) is 12.4 Å². The van der Waals surface area contributed by atoms with Crippen molar-refractivity contribution in [1.82, 2.24) is 0 Å². The summed E-state index contributed by atoms with van der Waals surface area (Å²) in [6, 6.07) is 6.45. The van der Waals surface area contributed by atoms with Gasteiger partial charge < -0.3 is 9.47 Å². The molecule has 0 bridgehead atoms. The molecule has 3 heteroatoms. The Kier molecular flexibility index (Phi) is 3.56. The average molecular weight is 210 g/mol. The second-order valence-electron chi connectivity index (χ2n) is 3.73. The highest BCUT2D eigenvalue weighted by Crippen LogP contribution is 2.18. The van der Waals surface area contributed by atoms with Crippen molar-refractivity contribution in [2.75, 3.05) is 13.2 Å². The van der Waals surface area contributed by atoms with Gasteiger partial charge in [0.1, 0.15) is 6.61 Å². The van der Waals surface area contributed by atoms with E-state index in [1.54, 1.807) is 18.2 Å². The molecule has 0 N–H and O–H groups in total. The van der Waals surface area contributed by atoms with Crippen LogP contribution in [0.2, 0.25) is 0 Å². The van der Waals surface area contributed by atoms with Crippen molar-refractivity contribution in [2.24, 2.45) is 0 Å². The van der Waals surface area contributed by atoms with Gasteiger partial charge in [-0.25, -0.2) is 4.39 Å². The zero-order valence-electron chi connectivity index (χ0n) is 8.62. The molecular weight excluding hydrogens is 195 g/mol. The standard InChI is InChI=1S/C12H15FO2/c13-11-6-1-2-7-12(11)15-9-10-5-3-4-8-14-10/h1-2,6-7,10H,3-5,8-9H2. The molecule has 0 aliphatic carbocycles. The van der Waals surface area contributed by atoms with E-state index in [1.165, 1.54) is 12.5 Å². The van der Waals surface area contributed by atoms with Gasteiger partial charge in [0, 0.05) is 6.61 Å². The summed E-state index contributed by atoms with van der Waals surface area (Å²) in [5, 5.41) is 0. The first-order chi connectivity index (χ1) is 7.36. The topological polar surface area (TPSA) is 18.5 Å². The molecule has 1 fully saturated rings. The van der Waals surface area contributed by atoms with Gasteiger partial charge in [-0.2, -0.15) is 0 Å². The molecule has 0 radical (unpaired) electrons. The number of benzene rings is 1. The van der Waals surface area contributed by atoms with Crippen molar-refractivity contribution in [3.05, 3.63) is 30.1 Å². The number of hydrogen-bond donors (Lipinski definition) is 0. The number of halogens is 1. The second kappa shape index (κ2) is 5.12. The van der Waals surface area contributed by atoms with Crippen LogP contribution in [-0.2, 0) is 4.74 Å². The van der Waals surface area contributed by atoms with Gasteiger partial charge in [0.15, 0.2) is 11.6 Å². The molecule has 82 valence electrons. The largest absolute Gasteiger partial charge is 0.488 e. The van der Waals surface area contributed by atoms with Crippen LogP contribution >= 0.6 is 0 Å². The van der Waals surface area contributed by atoms with E-state index < -0.39 is 0 Å². The Morgan fingerprint density at radius 3 is 2.93 bits per heavy atom. The van der Waals surface area contributed by atoms with E-state index in [9.17, 15) is 4.39 Å². The Hall–Kier alpha value is -1.09. The summed E-state index contributed by atoms with van der Waals surface area (Å²) in [6.07, 6.45) is 3.43. The van der Waals surface area contributed by atoms with E-state index in [1.807, 2.05) is 0 Å². The van der Waals surface area contributed by atoms with Crippen LogP contribution in [0.25, 0.3) is 0 Å². The first-order valence-electron chi connectivity index (χ1n) is 5.35. The Morgan fingerprint density at radius 2 is 2.20 bits per heavy atom. The Balaban J connectivity index is 1.84. The summed E-state index contributed by atoms with van der Waals surface area (Å²) in [4.78, 5) is 0. The second-order valence-corrected chi connectivity index (χ2v) is 3.73.